The van der Waals surface area contributed by atoms with Gasteiger partial charge in [-0.15, -0.1) is 0 Å². The molecule has 10 heteroatoms. The molecule has 64 heavy (non-hydrogen) atoms. The van der Waals surface area contributed by atoms with Gasteiger partial charge in [-0.3, -0.25) is 18.6 Å². The van der Waals surface area contributed by atoms with Crippen LogP contribution >= 0.6 is 7.82 Å². The Morgan fingerprint density at radius 2 is 0.859 bits per heavy atom. The number of carbonyl (C=O) groups is 2. The highest BCUT2D eigenvalue weighted by molar-refractivity contribution is 7.47. The van der Waals surface area contributed by atoms with Crippen molar-refractivity contribution in [3.63, 3.8) is 0 Å². The zero-order chi connectivity index (χ0) is 46.7. The molecule has 0 saturated carbocycles. The van der Waals surface area contributed by atoms with Crippen LogP contribution in [0.5, 0.6) is 0 Å². The van der Waals surface area contributed by atoms with E-state index in [0.717, 1.165) is 116 Å². The van der Waals surface area contributed by atoms with E-state index in [9.17, 15) is 19.0 Å². The predicted molar refractivity (Wildman–Crippen MR) is 270 cm³/mol. The first-order valence-corrected chi connectivity index (χ1v) is 26.7. The van der Waals surface area contributed by atoms with Crippen LogP contribution in [0.2, 0.25) is 0 Å². The number of hydrogen-bond donors (Lipinski definition) is 2. The summed E-state index contributed by atoms with van der Waals surface area (Å²) in [6.45, 7) is 3.53. The van der Waals surface area contributed by atoms with Gasteiger partial charge in [0.1, 0.15) is 6.61 Å². The van der Waals surface area contributed by atoms with Crippen LogP contribution in [-0.4, -0.2) is 49.3 Å². The number of unbranched alkanes of at least 4 members (excludes halogenated alkanes) is 17. The summed E-state index contributed by atoms with van der Waals surface area (Å²) in [7, 11) is -4.38. The minimum atomic E-state index is -4.38. The molecule has 0 saturated heterocycles. The molecule has 2 unspecified atom stereocenters. The van der Waals surface area contributed by atoms with Crippen LogP contribution in [0.1, 0.15) is 200 Å². The largest absolute Gasteiger partial charge is 0.472 e. The number of esters is 2. The highest BCUT2D eigenvalue weighted by Crippen LogP contribution is 2.43. The fourth-order valence-corrected chi connectivity index (χ4v) is 7.26. The first kappa shape index (κ1) is 60.9. The molecule has 0 radical (unpaired) electrons. The van der Waals surface area contributed by atoms with Gasteiger partial charge in [-0.05, 0) is 89.9 Å². The fraction of sp³-hybridized carbons (Fsp3) is 0.667. The van der Waals surface area contributed by atoms with Crippen LogP contribution in [-0.2, 0) is 32.7 Å². The third-order valence-corrected chi connectivity index (χ3v) is 11.2. The molecule has 0 fully saturated rings. The van der Waals surface area contributed by atoms with Gasteiger partial charge in [0.2, 0.25) is 0 Å². The zero-order valence-corrected chi connectivity index (χ0v) is 41.4. The maximum Gasteiger partial charge on any atom is 0.472 e. The predicted octanol–water partition coefficient (Wildman–Crippen LogP) is 15.3. The Hall–Kier alpha value is -3.07. The molecule has 3 N–H and O–H groups in total. The molecule has 9 nitrogen and oxygen atoms in total. The molecular weight excluding hydrogens is 822 g/mol. The minimum Gasteiger partial charge on any atom is -0.462 e. The molecule has 0 aliphatic heterocycles. The van der Waals surface area contributed by atoms with Gasteiger partial charge in [0.25, 0.3) is 0 Å². The minimum absolute atomic E-state index is 0.0479. The standard InChI is InChI=1S/C54H92NO8P/c1-3-5-7-9-11-13-15-16-17-18-19-20-21-22-23-24-25-26-27-28-29-30-31-32-33-34-35-36-37-39-41-43-45-47-54(57)63-52(51-62-64(58,59)61-49-48-55)50-60-53(56)46-44-42-40-38-14-12-10-8-6-4-2/h5,7-8,10-11,13,16-17,19-20,22-23,25-26,28-29,52H,3-4,6,9,12,14-15,18,21,24,27,30-51,55H2,1-2H3,(H,58,59)/b7-5-,10-8-,13-11-,17-16-,20-19-,23-22-,26-25-,29-28-. The quantitative estimate of drug-likeness (QED) is 0.0265. The molecule has 0 aromatic carbocycles. The number of phosphoric acid groups is 1. The Balaban J connectivity index is 3.96. The van der Waals surface area contributed by atoms with Crippen molar-refractivity contribution in [2.24, 2.45) is 5.73 Å². The lowest BCUT2D eigenvalue weighted by Gasteiger charge is -2.19. The number of nitrogens with two attached hydrogens (primary N) is 1. The molecule has 0 rings (SSSR count). The molecule has 0 aromatic rings. The number of carbonyl (C=O) groups excluding carboxylic acids is 2. The van der Waals surface area contributed by atoms with E-state index in [-0.39, 0.29) is 32.6 Å². The highest BCUT2D eigenvalue weighted by Gasteiger charge is 2.26. The molecule has 366 valence electrons. The molecule has 0 aliphatic carbocycles. The van der Waals surface area contributed by atoms with Crippen LogP contribution in [0.15, 0.2) is 97.2 Å². The molecule has 0 amide bonds. The van der Waals surface area contributed by atoms with E-state index >= 15 is 0 Å². The average molecular weight is 914 g/mol. The second-order valence-corrected chi connectivity index (χ2v) is 17.8. The second kappa shape index (κ2) is 49.4. The lowest BCUT2D eigenvalue weighted by Crippen LogP contribution is -2.29. The molecule has 2 atom stereocenters. The van der Waals surface area contributed by atoms with Crippen molar-refractivity contribution in [3.05, 3.63) is 97.2 Å². The van der Waals surface area contributed by atoms with Crippen LogP contribution in [0.3, 0.4) is 0 Å². The molecule has 0 aliphatic rings. The van der Waals surface area contributed by atoms with Crippen molar-refractivity contribution >= 4 is 19.8 Å². The van der Waals surface area contributed by atoms with Crippen LogP contribution in [0.4, 0.5) is 0 Å². The number of ether oxygens (including phenoxy) is 2. The van der Waals surface area contributed by atoms with Gasteiger partial charge in [-0.1, -0.05) is 195 Å². The highest BCUT2D eigenvalue weighted by atomic mass is 31.2. The number of hydrogen-bond acceptors (Lipinski definition) is 8. The van der Waals surface area contributed by atoms with Crippen molar-refractivity contribution < 1.29 is 37.6 Å². The lowest BCUT2D eigenvalue weighted by atomic mass is 10.0. The monoisotopic (exact) mass is 914 g/mol. The van der Waals surface area contributed by atoms with Crippen molar-refractivity contribution in [1.82, 2.24) is 0 Å². The summed E-state index contributed by atoms with van der Waals surface area (Å²) in [6, 6.07) is 0. The van der Waals surface area contributed by atoms with Gasteiger partial charge in [0.15, 0.2) is 6.10 Å². The Labute approximate surface area is 391 Å². The number of phosphoric ester groups is 1. The van der Waals surface area contributed by atoms with Gasteiger partial charge < -0.3 is 20.1 Å². The third kappa shape index (κ3) is 48.4. The zero-order valence-electron chi connectivity index (χ0n) is 40.5. The van der Waals surface area contributed by atoms with Crippen molar-refractivity contribution in [2.45, 2.75) is 206 Å². The summed E-state index contributed by atoms with van der Waals surface area (Å²) in [5, 5.41) is 0. The Kier molecular flexibility index (Phi) is 47.0. The van der Waals surface area contributed by atoms with Gasteiger partial charge >= 0.3 is 19.8 Å². The van der Waals surface area contributed by atoms with Crippen molar-refractivity contribution in [3.8, 4) is 0 Å². The molecular formula is C54H92NO8P. The molecule has 0 heterocycles. The topological polar surface area (TPSA) is 134 Å². The third-order valence-electron chi connectivity index (χ3n) is 10.2. The van der Waals surface area contributed by atoms with E-state index in [1.54, 1.807) is 0 Å². The maximum atomic E-state index is 12.6. The van der Waals surface area contributed by atoms with E-state index in [0.29, 0.717) is 6.42 Å². The SMILES string of the molecule is CC/C=C\C/C=C\C/C=C\C/C=C\C/C=C\C/C=C\C/C=C\CCCCCCCCCCCCCC(=O)OC(COC(=O)CCCCCCC/C=C\CCC)COP(=O)(O)OCCN. The van der Waals surface area contributed by atoms with Gasteiger partial charge in [0, 0.05) is 19.4 Å². The summed E-state index contributed by atoms with van der Waals surface area (Å²) in [5.74, 6) is -0.850. The van der Waals surface area contributed by atoms with Crippen LogP contribution < -0.4 is 5.73 Å². The Morgan fingerprint density at radius 1 is 0.484 bits per heavy atom. The normalized spacial score (nSPS) is 14.0. The maximum absolute atomic E-state index is 12.6. The number of allylic oxidation sites excluding steroid dienone is 16. The summed E-state index contributed by atoms with van der Waals surface area (Å²) in [6.07, 6.45) is 64.7. The summed E-state index contributed by atoms with van der Waals surface area (Å²) in [4.78, 5) is 34.9. The van der Waals surface area contributed by atoms with Gasteiger partial charge in [-0.25, -0.2) is 4.57 Å². The lowest BCUT2D eigenvalue weighted by molar-refractivity contribution is -0.161. The first-order chi connectivity index (χ1) is 31.3. The van der Waals surface area contributed by atoms with Crippen LogP contribution in [0.25, 0.3) is 0 Å². The second-order valence-electron chi connectivity index (χ2n) is 16.3. The average Bonchev–Trinajstić information content (AvgIpc) is 3.28. The van der Waals surface area contributed by atoms with E-state index < -0.39 is 32.5 Å². The molecule has 0 bridgehead atoms. The van der Waals surface area contributed by atoms with Gasteiger partial charge in [-0.2, -0.15) is 0 Å². The Bertz CT molecular complexity index is 1360. The van der Waals surface area contributed by atoms with Gasteiger partial charge in [0.05, 0.1) is 13.2 Å². The van der Waals surface area contributed by atoms with E-state index in [2.05, 4.69) is 111 Å². The van der Waals surface area contributed by atoms with E-state index in [1.165, 1.54) is 51.4 Å². The van der Waals surface area contributed by atoms with Crippen LogP contribution in [0, 0.1) is 0 Å². The first-order valence-electron chi connectivity index (χ1n) is 25.2. The van der Waals surface area contributed by atoms with Crippen molar-refractivity contribution in [1.29, 1.82) is 0 Å². The number of rotatable bonds is 46. The van der Waals surface area contributed by atoms with E-state index in [4.69, 9.17) is 24.3 Å². The smallest absolute Gasteiger partial charge is 0.462 e. The molecule has 0 aromatic heterocycles. The Morgan fingerprint density at radius 3 is 1.30 bits per heavy atom. The van der Waals surface area contributed by atoms with Crippen molar-refractivity contribution in [2.75, 3.05) is 26.4 Å². The van der Waals surface area contributed by atoms with E-state index in [1.807, 2.05) is 0 Å². The summed E-state index contributed by atoms with van der Waals surface area (Å²) in [5.41, 5.74) is 5.35. The molecule has 0 spiro atoms. The summed E-state index contributed by atoms with van der Waals surface area (Å²) >= 11 is 0. The fourth-order valence-electron chi connectivity index (χ4n) is 6.50. The summed E-state index contributed by atoms with van der Waals surface area (Å²) < 4.78 is 32.8.